The molecule has 8 heteroatoms. The second-order valence-corrected chi connectivity index (χ2v) is 7.37. The van der Waals surface area contributed by atoms with Crippen molar-refractivity contribution in [1.82, 2.24) is 9.88 Å². The number of aliphatic carboxylic acids is 1. The van der Waals surface area contributed by atoms with E-state index in [9.17, 15) is 14.0 Å². The van der Waals surface area contributed by atoms with Crippen LogP contribution < -0.4 is 0 Å². The van der Waals surface area contributed by atoms with Crippen molar-refractivity contribution in [2.45, 2.75) is 31.8 Å². The number of ether oxygens (including phenoxy) is 1. The number of hydrogen-bond donors (Lipinski definition) is 1. The minimum Gasteiger partial charge on any atom is -0.481 e. The van der Waals surface area contributed by atoms with E-state index < -0.39 is 5.97 Å². The number of carbonyl (C=O) groups is 2. The number of halogens is 1. The average Bonchev–Trinajstić information content (AvgIpc) is 3.32. The van der Waals surface area contributed by atoms with E-state index in [1.165, 1.54) is 22.3 Å². The molecule has 0 bridgehead atoms. The molecule has 0 spiro atoms. The van der Waals surface area contributed by atoms with Crippen LogP contribution in [0.25, 0.3) is 0 Å². The van der Waals surface area contributed by atoms with Crippen LogP contribution in [0.2, 0.25) is 0 Å². The molecule has 1 fully saturated rings. The van der Waals surface area contributed by atoms with Gasteiger partial charge in [-0.05, 0) is 24.5 Å². The first kappa shape index (κ1) is 19.4. The molecule has 0 saturated carbocycles. The first-order chi connectivity index (χ1) is 13.0. The Labute approximate surface area is 160 Å². The summed E-state index contributed by atoms with van der Waals surface area (Å²) in [6.45, 7) is 1.12. The van der Waals surface area contributed by atoms with E-state index in [1.807, 2.05) is 0 Å². The zero-order valence-corrected chi connectivity index (χ0v) is 15.6. The van der Waals surface area contributed by atoms with Gasteiger partial charge in [0, 0.05) is 31.5 Å². The summed E-state index contributed by atoms with van der Waals surface area (Å²) in [4.78, 5) is 29.6. The van der Waals surface area contributed by atoms with Crippen LogP contribution in [0.3, 0.4) is 0 Å². The smallest absolute Gasteiger partial charge is 0.305 e. The number of rotatable bonds is 8. The Bertz CT molecular complexity index is 805. The van der Waals surface area contributed by atoms with Gasteiger partial charge in [0.25, 0.3) is 5.91 Å². The molecule has 1 amide bonds. The number of thiazole rings is 1. The Kier molecular flexibility index (Phi) is 6.52. The molecule has 3 rings (SSSR count). The third-order valence-corrected chi connectivity index (χ3v) is 5.25. The fourth-order valence-corrected chi connectivity index (χ4v) is 3.79. The lowest BCUT2D eigenvalue weighted by Crippen LogP contribution is -2.39. The summed E-state index contributed by atoms with van der Waals surface area (Å²) in [5.41, 5.74) is 0.780. The lowest BCUT2D eigenvalue weighted by atomic mass is 10.1. The van der Waals surface area contributed by atoms with Crippen LogP contribution in [0.15, 0.2) is 29.6 Å². The third kappa shape index (κ3) is 5.33. The van der Waals surface area contributed by atoms with Gasteiger partial charge in [0.15, 0.2) is 0 Å². The molecule has 2 aromatic rings. The zero-order chi connectivity index (χ0) is 19.2. The van der Waals surface area contributed by atoms with Crippen molar-refractivity contribution < 1.29 is 23.8 Å². The number of benzene rings is 1. The van der Waals surface area contributed by atoms with Crippen LogP contribution in [-0.2, 0) is 16.0 Å². The van der Waals surface area contributed by atoms with Crippen LogP contribution in [0, 0.1) is 5.82 Å². The van der Waals surface area contributed by atoms with Gasteiger partial charge in [0.1, 0.15) is 11.5 Å². The van der Waals surface area contributed by atoms with E-state index in [4.69, 9.17) is 9.84 Å². The number of amides is 1. The molecule has 1 aromatic carbocycles. The molecule has 0 aliphatic carbocycles. The van der Waals surface area contributed by atoms with Gasteiger partial charge in [0.2, 0.25) is 0 Å². The Balaban J connectivity index is 1.70. The summed E-state index contributed by atoms with van der Waals surface area (Å²) >= 11 is 1.29. The summed E-state index contributed by atoms with van der Waals surface area (Å²) in [5.74, 6) is -1.58. The normalized spacial score (nSPS) is 16.4. The van der Waals surface area contributed by atoms with E-state index in [1.54, 1.807) is 23.6 Å². The van der Waals surface area contributed by atoms with Gasteiger partial charge in [-0.15, -0.1) is 11.3 Å². The highest BCUT2D eigenvalue weighted by Gasteiger charge is 2.25. The van der Waals surface area contributed by atoms with Crippen molar-refractivity contribution >= 4 is 23.2 Å². The van der Waals surface area contributed by atoms with E-state index >= 15 is 0 Å². The first-order valence-electron chi connectivity index (χ1n) is 8.83. The van der Waals surface area contributed by atoms with Crippen LogP contribution in [0.1, 0.15) is 40.3 Å². The van der Waals surface area contributed by atoms with E-state index in [0.717, 1.165) is 12.8 Å². The highest BCUT2D eigenvalue weighted by molar-refractivity contribution is 7.09. The summed E-state index contributed by atoms with van der Waals surface area (Å²) in [5, 5.41) is 11.2. The predicted molar refractivity (Wildman–Crippen MR) is 98.5 cm³/mol. The molecule has 1 aliphatic heterocycles. The molecule has 2 heterocycles. The SMILES string of the molecule is O=C(O)CCN(C[C@H]1CCCO1)C(=O)c1csc(Cc2ccccc2F)n1. The lowest BCUT2D eigenvalue weighted by molar-refractivity contribution is -0.137. The van der Waals surface area contributed by atoms with E-state index in [-0.39, 0.29) is 36.5 Å². The maximum Gasteiger partial charge on any atom is 0.305 e. The number of hydrogen-bond acceptors (Lipinski definition) is 5. The molecule has 0 unspecified atom stereocenters. The third-order valence-electron chi connectivity index (χ3n) is 4.40. The molecule has 27 heavy (non-hydrogen) atoms. The topological polar surface area (TPSA) is 79.7 Å². The fraction of sp³-hybridized carbons (Fsp3) is 0.421. The number of carboxylic acid groups (broad SMARTS) is 1. The minimum absolute atomic E-state index is 0.0701. The molecular formula is C19H21FN2O4S. The maximum atomic E-state index is 13.8. The van der Waals surface area contributed by atoms with Gasteiger partial charge in [-0.3, -0.25) is 9.59 Å². The number of nitrogens with zero attached hydrogens (tertiary/aromatic N) is 2. The van der Waals surface area contributed by atoms with Crippen molar-refractivity contribution in [2.24, 2.45) is 0 Å². The number of carboxylic acids is 1. The molecule has 1 aliphatic rings. The standard InChI is InChI=1S/C19H21FN2O4S/c20-15-6-2-1-4-13(15)10-17-21-16(12-27-17)19(25)22(8-7-18(23)24)11-14-5-3-9-26-14/h1-2,4,6,12,14H,3,5,7-11H2,(H,23,24)/t14-/m1/s1. The molecule has 0 radical (unpaired) electrons. The van der Waals surface area contributed by atoms with Crippen molar-refractivity contribution in [3.05, 3.63) is 51.7 Å². The molecule has 1 N–H and O–H groups in total. The highest BCUT2D eigenvalue weighted by Crippen LogP contribution is 2.19. The van der Waals surface area contributed by atoms with Gasteiger partial charge in [-0.1, -0.05) is 18.2 Å². The Morgan fingerprint density at radius 3 is 2.89 bits per heavy atom. The minimum atomic E-state index is -0.960. The van der Waals surface area contributed by atoms with E-state index in [2.05, 4.69) is 4.98 Å². The maximum absolute atomic E-state index is 13.8. The first-order valence-corrected chi connectivity index (χ1v) is 9.71. The largest absolute Gasteiger partial charge is 0.481 e. The van der Waals surface area contributed by atoms with Crippen molar-refractivity contribution in [3.63, 3.8) is 0 Å². The lowest BCUT2D eigenvalue weighted by Gasteiger charge is -2.24. The second kappa shape index (κ2) is 9.05. The molecule has 1 aromatic heterocycles. The molecule has 1 saturated heterocycles. The Hall–Kier alpha value is -2.32. The number of aromatic nitrogens is 1. The van der Waals surface area contributed by atoms with E-state index in [0.29, 0.717) is 30.1 Å². The van der Waals surface area contributed by atoms with Crippen molar-refractivity contribution in [1.29, 1.82) is 0 Å². The van der Waals surface area contributed by atoms with Gasteiger partial charge < -0.3 is 14.7 Å². The van der Waals surface area contributed by atoms with Crippen LogP contribution in [0.4, 0.5) is 4.39 Å². The molecule has 1 atom stereocenters. The van der Waals surface area contributed by atoms with Crippen LogP contribution in [0.5, 0.6) is 0 Å². The van der Waals surface area contributed by atoms with Crippen LogP contribution >= 0.6 is 11.3 Å². The van der Waals surface area contributed by atoms with Crippen molar-refractivity contribution in [3.8, 4) is 0 Å². The molecular weight excluding hydrogens is 371 g/mol. The Morgan fingerprint density at radius 2 is 2.19 bits per heavy atom. The average molecular weight is 392 g/mol. The van der Waals surface area contributed by atoms with Gasteiger partial charge in [0.05, 0.1) is 17.5 Å². The van der Waals surface area contributed by atoms with Crippen molar-refractivity contribution in [2.75, 3.05) is 19.7 Å². The Morgan fingerprint density at radius 1 is 1.37 bits per heavy atom. The highest BCUT2D eigenvalue weighted by atomic mass is 32.1. The summed E-state index contributed by atoms with van der Waals surface area (Å²) in [7, 11) is 0. The van der Waals surface area contributed by atoms with Gasteiger partial charge >= 0.3 is 5.97 Å². The van der Waals surface area contributed by atoms with Gasteiger partial charge in [-0.25, -0.2) is 9.37 Å². The fourth-order valence-electron chi connectivity index (χ4n) is 3.00. The molecule has 144 valence electrons. The quantitative estimate of drug-likeness (QED) is 0.747. The summed E-state index contributed by atoms with van der Waals surface area (Å²) < 4.78 is 19.4. The summed E-state index contributed by atoms with van der Waals surface area (Å²) in [6, 6.07) is 6.47. The summed E-state index contributed by atoms with van der Waals surface area (Å²) in [6.07, 6.45) is 1.90. The zero-order valence-electron chi connectivity index (χ0n) is 14.8. The monoisotopic (exact) mass is 392 g/mol. The number of carbonyl (C=O) groups excluding carboxylic acids is 1. The predicted octanol–water partition coefficient (Wildman–Crippen LogP) is 2.97. The van der Waals surface area contributed by atoms with Crippen LogP contribution in [-0.4, -0.2) is 52.7 Å². The molecule has 6 nitrogen and oxygen atoms in total. The van der Waals surface area contributed by atoms with Gasteiger partial charge in [-0.2, -0.15) is 0 Å². The second-order valence-electron chi connectivity index (χ2n) is 6.42.